The van der Waals surface area contributed by atoms with Gasteiger partial charge < -0.3 is 4.74 Å². The zero-order valence-corrected chi connectivity index (χ0v) is 20.7. The van der Waals surface area contributed by atoms with Gasteiger partial charge in [0.15, 0.2) is 5.82 Å². The second-order valence-electron chi connectivity index (χ2n) is 5.43. The van der Waals surface area contributed by atoms with Crippen molar-refractivity contribution in [3.63, 3.8) is 0 Å². The molecule has 3 heterocycles. The second kappa shape index (κ2) is 12.9. The van der Waals surface area contributed by atoms with E-state index in [1.54, 1.807) is 11.3 Å². The number of thiophene rings is 1. The summed E-state index contributed by atoms with van der Waals surface area (Å²) in [6.45, 7) is 14.9. The normalized spacial score (nSPS) is 11.3. The summed E-state index contributed by atoms with van der Waals surface area (Å²) >= 11 is 5.33. The van der Waals surface area contributed by atoms with Crippen molar-refractivity contribution in [1.29, 1.82) is 0 Å². The lowest BCUT2D eigenvalue weighted by Crippen LogP contribution is -2.00. The standard InChI is InChI=1S/C16H13BrFN3OS.3C2H6/c1-9-19-20-14-8-22-7-13-12(15(17)23-16(13)21(9)14)6-10-2-4-11(18)5-3-10;3*1-2/h2-5H,6-8H2,1H3;3*1-2H3. The SMILES string of the molecule is CC.CC.CC.Cc1nnc2n1-c1sc(Br)c(Cc3ccc(F)cc3)c1COC2. The molecule has 160 valence electrons. The topological polar surface area (TPSA) is 39.9 Å². The number of aryl methyl sites for hydroxylation is 1. The average molecular weight is 484 g/mol. The van der Waals surface area contributed by atoms with Gasteiger partial charge in [-0.2, -0.15) is 0 Å². The van der Waals surface area contributed by atoms with Crippen LogP contribution in [0.25, 0.3) is 5.00 Å². The molecule has 4 nitrogen and oxygen atoms in total. The first-order valence-corrected chi connectivity index (χ1v) is 11.8. The predicted octanol–water partition coefficient (Wildman–Crippen LogP) is 7.24. The Hall–Kier alpha value is -1.57. The van der Waals surface area contributed by atoms with Gasteiger partial charge in [-0.25, -0.2) is 4.39 Å². The van der Waals surface area contributed by atoms with Crippen LogP contribution in [0.1, 0.15) is 69.9 Å². The van der Waals surface area contributed by atoms with Crippen LogP contribution in [-0.4, -0.2) is 14.8 Å². The van der Waals surface area contributed by atoms with Crippen LogP contribution in [0.15, 0.2) is 28.1 Å². The zero-order valence-electron chi connectivity index (χ0n) is 18.3. The highest BCUT2D eigenvalue weighted by Crippen LogP contribution is 2.40. The lowest BCUT2D eigenvalue weighted by molar-refractivity contribution is 0.104. The van der Waals surface area contributed by atoms with E-state index < -0.39 is 0 Å². The number of rotatable bonds is 2. The maximum absolute atomic E-state index is 13.1. The van der Waals surface area contributed by atoms with Gasteiger partial charge in [0.25, 0.3) is 0 Å². The maximum atomic E-state index is 13.1. The second-order valence-corrected chi connectivity index (χ2v) is 7.75. The maximum Gasteiger partial charge on any atom is 0.164 e. The zero-order chi connectivity index (χ0) is 22.0. The van der Waals surface area contributed by atoms with E-state index in [1.807, 2.05) is 60.6 Å². The molecule has 0 saturated carbocycles. The number of ether oxygens (including phenoxy) is 1. The van der Waals surface area contributed by atoms with E-state index in [2.05, 4.69) is 30.7 Å². The molecule has 1 aliphatic heterocycles. The van der Waals surface area contributed by atoms with Gasteiger partial charge in [0.2, 0.25) is 0 Å². The van der Waals surface area contributed by atoms with Crippen LogP contribution in [0.5, 0.6) is 0 Å². The lowest BCUT2D eigenvalue weighted by Gasteiger charge is -2.06. The molecule has 0 spiro atoms. The summed E-state index contributed by atoms with van der Waals surface area (Å²) in [7, 11) is 0. The van der Waals surface area contributed by atoms with Crippen LogP contribution in [0.3, 0.4) is 0 Å². The number of hydrogen-bond donors (Lipinski definition) is 0. The third kappa shape index (κ3) is 5.96. The Balaban J connectivity index is 0.000000644. The van der Waals surface area contributed by atoms with Crippen molar-refractivity contribution in [2.24, 2.45) is 0 Å². The molecule has 0 unspecified atom stereocenters. The van der Waals surface area contributed by atoms with Crippen LogP contribution in [0.2, 0.25) is 0 Å². The molecule has 0 atom stereocenters. The first-order chi connectivity index (χ1) is 14.1. The number of nitrogens with zero attached hydrogens (tertiary/aromatic N) is 3. The summed E-state index contributed by atoms with van der Waals surface area (Å²) < 4.78 is 22.0. The first-order valence-electron chi connectivity index (χ1n) is 10.2. The van der Waals surface area contributed by atoms with Crippen LogP contribution < -0.4 is 0 Å². The summed E-state index contributed by atoms with van der Waals surface area (Å²) in [4.78, 5) is 0. The summed E-state index contributed by atoms with van der Waals surface area (Å²) in [5.41, 5.74) is 3.39. The quantitative estimate of drug-likeness (QED) is 0.385. The highest BCUT2D eigenvalue weighted by atomic mass is 79.9. The minimum Gasteiger partial charge on any atom is -0.369 e. The largest absolute Gasteiger partial charge is 0.369 e. The third-order valence-corrected chi connectivity index (χ3v) is 5.92. The fraction of sp³-hybridized carbons (Fsp3) is 0.455. The summed E-state index contributed by atoms with van der Waals surface area (Å²) in [5, 5.41) is 9.44. The Kier molecular flexibility index (Phi) is 11.3. The van der Waals surface area contributed by atoms with E-state index in [9.17, 15) is 4.39 Å². The van der Waals surface area contributed by atoms with Crippen molar-refractivity contribution in [1.82, 2.24) is 14.8 Å². The molecule has 1 aromatic carbocycles. The van der Waals surface area contributed by atoms with Gasteiger partial charge >= 0.3 is 0 Å². The number of aromatic nitrogens is 3. The van der Waals surface area contributed by atoms with Crippen molar-refractivity contribution in [3.05, 3.63) is 62.2 Å². The molecular weight excluding hydrogens is 453 g/mol. The van der Waals surface area contributed by atoms with Crippen molar-refractivity contribution >= 4 is 27.3 Å². The molecule has 7 heteroatoms. The van der Waals surface area contributed by atoms with E-state index >= 15 is 0 Å². The minimum atomic E-state index is -0.218. The first kappa shape index (κ1) is 25.5. The van der Waals surface area contributed by atoms with E-state index in [0.717, 1.165) is 38.0 Å². The summed E-state index contributed by atoms with van der Waals surface area (Å²) in [6.07, 6.45) is 0.729. The average Bonchev–Trinajstić information content (AvgIpc) is 3.21. The lowest BCUT2D eigenvalue weighted by atomic mass is 10.0. The third-order valence-electron chi connectivity index (χ3n) is 3.91. The molecule has 3 aromatic rings. The monoisotopic (exact) mass is 483 g/mol. The molecule has 0 N–H and O–H groups in total. The molecule has 0 fully saturated rings. The van der Waals surface area contributed by atoms with Gasteiger partial charge in [0.1, 0.15) is 23.2 Å². The molecule has 1 aliphatic rings. The predicted molar refractivity (Wildman–Crippen MR) is 123 cm³/mol. The van der Waals surface area contributed by atoms with E-state index in [0.29, 0.717) is 13.2 Å². The Morgan fingerprint density at radius 3 is 2.28 bits per heavy atom. The van der Waals surface area contributed by atoms with Crippen molar-refractivity contribution in [3.8, 4) is 5.00 Å². The Bertz CT molecular complexity index is 875. The van der Waals surface area contributed by atoms with Crippen LogP contribution in [-0.2, 0) is 24.4 Å². The summed E-state index contributed by atoms with van der Waals surface area (Å²) in [5.74, 6) is 1.46. The number of benzene rings is 1. The molecule has 0 aliphatic carbocycles. The van der Waals surface area contributed by atoms with Gasteiger partial charge in [-0.15, -0.1) is 21.5 Å². The fourth-order valence-corrected chi connectivity index (χ4v) is 4.74. The number of hydrogen-bond acceptors (Lipinski definition) is 4. The van der Waals surface area contributed by atoms with Gasteiger partial charge in [0, 0.05) is 5.56 Å². The van der Waals surface area contributed by atoms with Gasteiger partial charge in [0.05, 0.1) is 10.4 Å². The van der Waals surface area contributed by atoms with E-state index in [4.69, 9.17) is 4.74 Å². The molecule has 0 bridgehead atoms. The fourth-order valence-electron chi connectivity index (χ4n) is 2.78. The van der Waals surface area contributed by atoms with Crippen molar-refractivity contribution in [2.45, 2.75) is 68.1 Å². The smallest absolute Gasteiger partial charge is 0.164 e. The number of halogens is 2. The highest BCUT2D eigenvalue weighted by Gasteiger charge is 2.25. The number of fused-ring (bicyclic) bond motifs is 3. The van der Waals surface area contributed by atoms with Gasteiger partial charge in [-0.1, -0.05) is 53.7 Å². The Morgan fingerprint density at radius 2 is 1.66 bits per heavy atom. The van der Waals surface area contributed by atoms with Crippen molar-refractivity contribution in [2.75, 3.05) is 0 Å². The van der Waals surface area contributed by atoms with Gasteiger partial charge in [-0.05, 0) is 52.5 Å². The molecule has 4 rings (SSSR count). The Labute approximate surface area is 186 Å². The molecule has 2 aromatic heterocycles. The van der Waals surface area contributed by atoms with Crippen LogP contribution in [0, 0.1) is 12.7 Å². The highest BCUT2D eigenvalue weighted by molar-refractivity contribution is 9.11. The summed E-state index contributed by atoms with van der Waals surface area (Å²) in [6, 6.07) is 6.62. The molecule has 0 radical (unpaired) electrons. The molecular formula is C22H31BrFN3OS. The Morgan fingerprint density at radius 1 is 1.03 bits per heavy atom. The van der Waals surface area contributed by atoms with Crippen LogP contribution in [0.4, 0.5) is 4.39 Å². The molecule has 0 saturated heterocycles. The van der Waals surface area contributed by atoms with Crippen LogP contribution >= 0.6 is 27.3 Å². The van der Waals surface area contributed by atoms with E-state index in [-0.39, 0.29) is 5.82 Å². The molecule has 0 amide bonds. The minimum absolute atomic E-state index is 0.218. The van der Waals surface area contributed by atoms with Gasteiger partial charge in [-0.3, -0.25) is 4.57 Å². The van der Waals surface area contributed by atoms with Crippen molar-refractivity contribution < 1.29 is 9.13 Å². The van der Waals surface area contributed by atoms with E-state index in [1.165, 1.54) is 17.7 Å². The molecule has 29 heavy (non-hydrogen) atoms.